The van der Waals surface area contributed by atoms with Crippen molar-refractivity contribution in [2.75, 3.05) is 6.54 Å². The van der Waals surface area contributed by atoms with E-state index in [0.29, 0.717) is 11.4 Å². The van der Waals surface area contributed by atoms with Gasteiger partial charge in [0.05, 0.1) is 17.4 Å². The van der Waals surface area contributed by atoms with Gasteiger partial charge >= 0.3 is 0 Å². The monoisotopic (exact) mass is 321 g/mol. The zero-order valence-electron chi connectivity index (χ0n) is 13.5. The standard InChI is InChI=1S/C15H23N5OS/c1-5-15(6-2,9-16)19-13(21)12-10(3)18-14(22-12)11-7-17-20(4)8-11/h7-8H,5-6,9,16H2,1-4H3,(H,19,21). The smallest absolute Gasteiger partial charge is 0.263 e. The molecule has 0 unspecified atom stereocenters. The molecule has 0 radical (unpaired) electrons. The van der Waals surface area contributed by atoms with Gasteiger partial charge in [-0.15, -0.1) is 11.3 Å². The van der Waals surface area contributed by atoms with E-state index >= 15 is 0 Å². The summed E-state index contributed by atoms with van der Waals surface area (Å²) < 4.78 is 1.72. The number of hydrogen-bond acceptors (Lipinski definition) is 5. The van der Waals surface area contributed by atoms with E-state index < -0.39 is 0 Å². The number of rotatable bonds is 6. The van der Waals surface area contributed by atoms with Gasteiger partial charge in [0.15, 0.2) is 0 Å². The summed E-state index contributed by atoms with van der Waals surface area (Å²) in [6.07, 6.45) is 5.25. The molecule has 2 aromatic rings. The van der Waals surface area contributed by atoms with Crippen molar-refractivity contribution < 1.29 is 4.79 Å². The molecule has 0 fully saturated rings. The average Bonchev–Trinajstić information content (AvgIpc) is 3.11. The van der Waals surface area contributed by atoms with Crippen molar-refractivity contribution in [3.05, 3.63) is 23.0 Å². The first-order valence-electron chi connectivity index (χ1n) is 7.43. The number of carbonyl (C=O) groups excluding carboxylic acids is 1. The SMILES string of the molecule is CCC(CC)(CN)NC(=O)c1sc(-c2cnn(C)c2)nc1C. The molecule has 2 heterocycles. The van der Waals surface area contributed by atoms with Crippen molar-refractivity contribution in [2.24, 2.45) is 12.8 Å². The second kappa shape index (κ2) is 6.58. The molecule has 0 saturated carbocycles. The number of carbonyl (C=O) groups is 1. The molecule has 0 saturated heterocycles. The molecule has 1 amide bonds. The van der Waals surface area contributed by atoms with Crippen LogP contribution in [0.3, 0.4) is 0 Å². The third-order valence-corrected chi connectivity index (χ3v) is 5.28. The molecule has 6 nitrogen and oxygen atoms in total. The zero-order valence-corrected chi connectivity index (χ0v) is 14.3. The highest BCUT2D eigenvalue weighted by molar-refractivity contribution is 7.17. The van der Waals surface area contributed by atoms with Crippen LogP contribution in [0.25, 0.3) is 10.6 Å². The first kappa shape index (κ1) is 16.6. The largest absolute Gasteiger partial charge is 0.345 e. The third kappa shape index (κ3) is 3.20. The predicted octanol–water partition coefficient (Wildman–Crippen LogP) is 2.10. The van der Waals surface area contributed by atoms with Crippen molar-refractivity contribution in [3.8, 4) is 10.6 Å². The predicted molar refractivity (Wildman–Crippen MR) is 88.9 cm³/mol. The number of amides is 1. The second-order valence-electron chi connectivity index (χ2n) is 5.48. The van der Waals surface area contributed by atoms with Crippen LogP contribution >= 0.6 is 11.3 Å². The summed E-state index contributed by atoms with van der Waals surface area (Å²) in [6.45, 7) is 6.36. The Labute approximate surface area is 134 Å². The molecule has 120 valence electrons. The lowest BCUT2D eigenvalue weighted by Gasteiger charge is -2.31. The number of aryl methyl sites for hydroxylation is 2. The Balaban J connectivity index is 2.26. The first-order chi connectivity index (χ1) is 10.4. The molecule has 0 atom stereocenters. The van der Waals surface area contributed by atoms with Gasteiger partial charge in [0.1, 0.15) is 9.88 Å². The summed E-state index contributed by atoms with van der Waals surface area (Å²) >= 11 is 1.39. The van der Waals surface area contributed by atoms with E-state index in [1.807, 2.05) is 34.0 Å². The summed E-state index contributed by atoms with van der Waals surface area (Å²) in [6, 6.07) is 0. The van der Waals surface area contributed by atoms with Crippen molar-refractivity contribution in [1.29, 1.82) is 0 Å². The normalized spacial score (nSPS) is 11.7. The summed E-state index contributed by atoms with van der Waals surface area (Å²) in [4.78, 5) is 17.7. The Morgan fingerprint density at radius 2 is 2.14 bits per heavy atom. The van der Waals surface area contributed by atoms with Gasteiger partial charge in [-0.05, 0) is 19.8 Å². The quantitative estimate of drug-likeness (QED) is 0.853. The summed E-state index contributed by atoms with van der Waals surface area (Å²) in [5.41, 5.74) is 7.17. The van der Waals surface area contributed by atoms with Crippen molar-refractivity contribution in [1.82, 2.24) is 20.1 Å². The lowest BCUT2D eigenvalue weighted by atomic mass is 9.93. The van der Waals surface area contributed by atoms with Gasteiger partial charge in [-0.1, -0.05) is 13.8 Å². The fourth-order valence-corrected chi connectivity index (χ4v) is 3.26. The van der Waals surface area contributed by atoms with Crippen LogP contribution in [0.1, 0.15) is 42.1 Å². The van der Waals surface area contributed by atoms with Crippen LogP contribution in [0.4, 0.5) is 0 Å². The molecule has 22 heavy (non-hydrogen) atoms. The van der Waals surface area contributed by atoms with Crippen LogP contribution in [0.5, 0.6) is 0 Å². The fourth-order valence-electron chi connectivity index (χ4n) is 2.33. The molecule has 3 N–H and O–H groups in total. The van der Waals surface area contributed by atoms with E-state index in [0.717, 1.165) is 29.1 Å². The van der Waals surface area contributed by atoms with E-state index in [1.165, 1.54) is 11.3 Å². The van der Waals surface area contributed by atoms with Gasteiger partial charge in [0.25, 0.3) is 5.91 Å². The van der Waals surface area contributed by atoms with Crippen LogP contribution in [0, 0.1) is 6.92 Å². The minimum absolute atomic E-state index is 0.0979. The van der Waals surface area contributed by atoms with Crippen molar-refractivity contribution >= 4 is 17.2 Å². The second-order valence-corrected chi connectivity index (χ2v) is 6.48. The van der Waals surface area contributed by atoms with Crippen LogP contribution in [-0.4, -0.2) is 32.8 Å². The van der Waals surface area contributed by atoms with Gasteiger partial charge in [-0.25, -0.2) is 4.98 Å². The number of nitrogens with zero attached hydrogens (tertiary/aromatic N) is 3. The molecule has 0 spiro atoms. The molecule has 0 aliphatic carbocycles. The molecule has 0 aromatic carbocycles. The maximum atomic E-state index is 12.6. The highest BCUT2D eigenvalue weighted by Crippen LogP contribution is 2.28. The minimum Gasteiger partial charge on any atom is -0.345 e. The number of nitrogens with two attached hydrogens (primary N) is 1. The number of hydrogen-bond donors (Lipinski definition) is 2. The Kier molecular flexibility index (Phi) is 4.97. The molecule has 2 aromatic heterocycles. The van der Waals surface area contributed by atoms with Gasteiger partial charge < -0.3 is 11.1 Å². The minimum atomic E-state index is -0.345. The lowest BCUT2D eigenvalue weighted by molar-refractivity contribution is 0.0898. The molecule has 0 bridgehead atoms. The van der Waals surface area contributed by atoms with Crippen molar-refractivity contribution in [3.63, 3.8) is 0 Å². The Bertz CT molecular complexity index is 648. The fraction of sp³-hybridized carbons (Fsp3) is 0.533. The Morgan fingerprint density at radius 1 is 1.45 bits per heavy atom. The van der Waals surface area contributed by atoms with Gasteiger partial charge in [-0.3, -0.25) is 9.48 Å². The van der Waals surface area contributed by atoms with E-state index in [4.69, 9.17) is 5.73 Å². The van der Waals surface area contributed by atoms with Gasteiger partial charge in [0.2, 0.25) is 0 Å². The molecular weight excluding hydrogens is 298 g/mol. The lowest BCUT2D eigenvalue weighted by Crippen LogP contribution is -2.52. The average molecular weight is 321 g/mol. The van der Waals surface area contributed by atoms with E-state index in [2.05, 4.69) is 15.4 Å². The van der Waals surface area contributed by atoms with Crippen LogP contribution in [0.15, 0.2) is 12.4 Å². The maximum absolute atomic E-state index is 12.6. The Hall–Kier alpha value is -1.73. The van der Waals surface area contributed by atoms with Gasteiger partial charge in [-0.2, -0.15) is 5.10 Å². The molecule has 2 rings (SSSR count). The maximum Gasteiger partial charge on any atom is 0.263 e. The van der Waals surface area contributed by atoms with Crippen LogP contribution in [-0.2, 0) is 7.05 Å². The zero-order chi connectivity index (χ0) is 16.3. The first-order valence-corrected chi connectivity index (χ1v) is 8.25. The third-order valence-electron chi connectivity index (χ3n) is 4.08. The van der Waals surface area contributed by atoms with Crippen LogP contribution < -0.4 is 11.1 Å². The topological polar surface area (TPSA) is 85.8 Å². The van der Waals surface area contributed by atoms with Crippen molar-refractivity contribution in [2.45, 2.75) is 39.2 Å². The molecule has 7 heteroatoms. The summed E-state index contributed by atoms with van der Waals surface area (Å²) in [5.74, 6) is -0.0979. The van der Waals surface area contributed by atoms with E-state index in [-0.39, 0.29) is 11.4 Å². The van der Waals surface area contributed by atoms with Gasteiger partial charge in [0, 0.05) is 25.4 Å². The molecular formula is C15H23N5OS. The number of thiazole rings is 1. The highest BCUT2D eigenvalue weighted by Gasteiger charge is 2.28. The van der Waals surface area contributed by atoms with Crippen LogP contribution in [0.2, 0.25) is 0 Å². The summed E-state index contributed by atoms with van der Waals surface area (Å²) in [7, 11) is 1.86. The Morgan fingerprint density at radius 3 is 2.64 bits per heavy atom. The number of aromatic nitrogens is 3. The number of nitrogens with one attached hydrogen (secondary N) is 1. The molecule has 0 aliphatic rings. The highest BCUT2D eigenvalue weighted by atomic mass is 32.1. The van der Waals surface area contributed by atoms with E-state index in [1.54, 1.807) is 10.9 Å². The summed E-state index contributed by atoms with van der Waals surface area (Å²) in [5, 5.41) is 8.04. The van der Waals surface area contributed by atoms with E-state index in [9.17, 15) is 4.79 Å². The molecule has 0 aliphatic heterocycles.